The third-order valence-electron chi connectivity index (χ3n) is 4.66. The zero-order chi connectivity index (χ0) is 20.9. The number of fused-ring (bicyclic) bond motifs is 1. The highest BCUT2D eigenvalue weighted by atomic mass is 19.4. The number of alkyl halides is 3. The monoisotopic (exact) mass is 394 g/mol. The number of nitrogens with one attached hydrogen (secondary N) is 1. The number of nitrogens with zero attached hydrogens (tertiary/aromatic N) is 1. The predicted molar refractivity (Wildman–Crippen MR) is 102 cm³/mol. The van der Waals surface area contributed by atoms with Gasteiger partial charge in [0.2, 0.25) is 5.91 Å². The molecule has 1 saturated heterocycles. The van der Waals surface area contributed by atoms with Crippen molar-refractivity contribution in [3.63, 3.8) is 0 Å². The van der Waals surface area contributed by atoms with Gasteiger partial charge in [-0.3, -0.25) is 10.2 Å². The number of hydrazine groups is 1. The molecule has 1 amide bonds. The molecule has 1 N–H and O–H groups in total. The van der Waals surface area contributed by atoms with Crippen molar-refractivity contribution < 1.29 is 22.7 Å². The molecule has 28 heavy (non-hydrogen) atoms. The van der Waals surface area contributed by atoms with Gasteiger partial charge in [-0.15, -0.1) is 0 Å². The molecule has 7 heteroatoms. The van der Waals surface area contributed by atoms with E-state index < -0.39 is 29.3 Å². The van der Waals surface area contributed by atoms with Gasteiger partial charge in [-0.25, -0.2) is 0 Å². The number of ether oxygens (including phenoxy) is 1. The van der Waals surface area contributed by atoms with Crippen LogP contribution in [0.4, 0.5) is 13.2 Å². The molecule has 1 fully saturated rings. The van der Waals surface area contributed by atoms with E-state index in [4.69, 9.17) is 4.74 Å². The van der Waals surface area contributed by atoms with Crippen molar-refractivity contribution in [2.45, 2.75) is 64.4 Å². The summed E-state index contributed by atoms with van der Waals surface area (Å²) in [6.07, 6.45) is -4.58. The van der Waals surface area contributed by atoms with Crippen LogP contribution in [0.2, 0.25) is 0 Å². The highest BCUT2D eigenvalue weighted by Crippen LogP contribution is 2.45. The Kier molecular flexibility index (Phi) is 4.86. The van der Waals surface area contributed by atoms with Gasteiger partial charge >= 0.3 is 6.18 Å². The second-order valence-corrected chi connectivity index (χ2v) is 8.78. The lowest BCUT2D eigenvalue weighted by Crippen LogP contribution is -2.51. The maximum atomic E-state index is 14.2. The quantitative estimate of drug-likeness (QED) is 0.784. The van der Waals surface area contributed by atoms with E-state index in [-0.39, 0.29) is 12.0 Å². The number of carbonyl (C=O) groups excluding carboxylic acids is 1. The van der Waals surface area contributed by atoms with E-state index >= 15 is 0 Å². The van der Waals surface area contributed by atoms with E-state index in [0.29, 0.717) is 16.5 Å². The van der Waals surface area contributed by atoms with Crippen LogP contribution in [-0.2, 0) is 4.79 Å². The van der Waals surface area contributed by atoms with Crippen molar-refractivity contribution in [2.24, 2.45) is 0 Å². The Hall–Kier alpha value is -2.28. The first-order chi connectivity index (χ1) is 12.8. The van der Waals surface area contributed by atoms with E-state index in [1.165, 1.54) is 6.07 Å². The molecule has 2 aromatic carbocycles. The smallest absolute Gasteiger partial charge is 0.409 e. The topological polar surface area (TPSA) is 41.6 Å². The first-order valence-electron chi connectivity index (χ1n) is 9.15. The summed E-state index contributed by atoms with van der Waals surface area (Å²) >= 11 is 0. The molecule has 1 atom stereocenters. The molecule has 152 valence electrons. The summed E-state index contributed by atoms with van der Waals surface area (Å²) in [7, 11) is 0. The molecule has 1 aliphatic rings. The van der Waals surface area contributed by atoms with E-state index in [1.54, 1.807) is 44.2 Å². The van der Waals surface area contributed by atoms with Crippen molar-refractivity contribution in [1.82, 2.24) is 10.4 Å². The summed E-state index contributed by atoms with van der Waals surface area (Å²) in [6, 6.07) is 8.00. The molecule has 0 spiro atoms. The number of hydrogen-bond donors (Lipinski definition) is 1. The summed E-state index contributed by atoms with van der Waals surface area (Å²) < 4.78 is 48.5. The summed E-state index contributed by atoms with van der Waals surface area (Å²) in [4.78, 5) is 11.9. The third kappa shape index (κ3) is 4.09. The van der Waals surface area contributed by atoms with Crippen molar-refractivity contribution in [3.05, 3.63) is 42.0 Å². The highest BCUT2D eigenvalue weighted by molar-refractivity contribution is 5.88. The van der Waals surface area contributed by atoms with Gasteiger partial charge in [0.1, 0.15) is 11.4 Å². The van der Waals surface area contributed by atoms with Crippen LogP contribution < -0.4 is 10.2 Å². The van der Waals surface area contributed by atoms with Crippen LogP contribution in [0.3, 0.4) is 0 Å². The lowest BCUT2D eigenvalue weighted by Gasteiger charge is -2.38. The molecular formula is C21H25F3N2O2. The van der Waals surface area contributed by atoms with Crippen molar-refractivity contribution in [2.75, 3.05) is 0 Å². The van der Waals surface area contributed by atoms with Crippen LogP contribution in [0.5, 0.6) is 5.75 Å². The Morgan fingerprint density at radius 1 is 1.14 bits per heavy atom. The molecule has 0 aliphatic carbocycles. The van der Waals surface area contributed by atoms with Gasteiger partial charge in [0, 0.05) is 12.0 Å². The standard InChI is InChI=1S/C21H25F3N2O2/c1-19(2,3)28-14-10-9-13-7-6-8-15(16(13)11-14)18(21(22,23)24)26-20(4,5)12-17(27)25-26/h6-11,18H,12H2,1-5H3,(H,25,27). The molecule has 0 saturated carbocycles. The molecule has 4 nitrogen and oxygen atoms in total. The van der Waals surface area contributed by atoms with Crippen LogP contribution in [0, 0.1) is 0 Å². The molecule has 0 bridgehead atoms. The third-order valence-corrected chi connectivity index (χ3v) is 4.66. The Labute approximate surface area is 162 Å². The largest absolute Gasteiger partial charge is 0.488 e. The summed E-state index contributed by atoms with van der Waals surface area (Å²) in [5.41, 5.74) is 1.04. The number of hydrogen-bond acceptors (Lipinski definition) is 3. The minimum Gasteiger partial charge on any atom is -0.488 e. The van der Waals surface area contributed by atoms with Crippen molar-refractivity contribution in [1.29, 1.82) is 0 Å². The molecule has 1 heterocycles. The van der Waals surface area contributed by atoms with E-state index in [2.05, 4.69) is 5.43 Å². The van der Waals surface area contributed by atoms with Gasteiger partial charge in [0.05, 0.1) is 0 Å². The van der Waals surface area contributed by atoms with Gasteiger partial charge in [-0.2, -0.15) is 18.2 Å². The lowest BCUT2D eigenvalue weighted by molar-refractivity contribution is -0.203. The van der Waals surface area contributed by atoms with Crippen LogP contribution in [-0.4, -0.2) is 28.2 Å². The molecule has 0 aromatic heterocycles. The maximum Gasteiger partial charge on any atom is 0.409 e. The van der Waals surface area contributed by atoms with Gasteiger partial charge in [0.25, 0.3) is 0 Å². The maximum absolute atomic E-state index is 14.2. The molecule has 0 radical (unpaired) electrons. The van der Waals surface area contributed by atoms with Crippen LogP contribution >= 0.6 is 0 Å². The van der Waals surface area contributed by atoms with Crippen LogP contribution in [0.15, 0.2) is 36.4 Å². The fraction of sp³-hybridized carbons (Fsp3) is 0.476. The van der Waals surface area contributed by atoms with Gasteiger partial charge in [-0.1, -0.05) is 24.3 Å². The second kappa shape index (κ2) is 6.65. The number of carbonyl (C=O) groups is 1. The zero-order valence-corrected chi connectivity index (χ0v) is 16.6. The Morgan fingerprint density at radius 2 is 1.82 bits per heavy atom. The van der Waals surface area contributed by atoms with Crippen molar-refractivity contribution in [3.8, 4) is 5.75 Å². The molecular weight excluding hydrogens is 369 g/mol. The first kappa shape index (κ1) is 20.5. The Morgan fingerprint density at radius 3 is 2.36 bits per heavy atom. The van der Waals surface area contributed by atoms with E-state index in [1.807, 2.05) is 20.8 Å². The number of amides is 1. The van der Waals surface area contributed by atoms with Crippen LogP contribution in [0.1, 0.15) is 52.6 Å². The Balaban J connectivity index is 2.17. The second-order valence-electron chi connectivity index (χ2n) is 8.78. The van der Waals surface area contributed by atoms with Gasteiger partial charge in [-0.05, 0) is 63.1 Å². The minimum absolute atomic E-state index is 0.00271. The number of benzene rings is 2. The average Bonchev–Trinajstić information content (AvgIpc) is 2.77. The average molecular weight is 394 g/mol. The lowest BCUT2D eigenvalue weighted by atomic mass is 9.93. The zero-order valence-electron chi connectivity index (χ0n) is 16.6. The molecule has 2 aromatic rings. The van der Waals surface area contributed by atoms with E-state index in [9.17, 15) is 18.0 Å². The minimum atomic E-state index is -4.58. The van der Waals surface area contributed by atoms with Gasteiger partial charge < -0.3 is 4.74 Å². The summed E-state index contributed by atoms with van der Waals surface area (Å²) in [5, 5.41) is 2.15. The Bertz CT molecular complexity index is 901. The highest BCUT2D eigenvalue weighted by Gasteiger charge is 2.53. The molecule has 3 rings (SSSR count). The summed E-state index contributed by atoms with van der Waals surface area (Å²) in [6.45, 7) is 8.89. The fourth-order valence-corrected chi connectivity index (χ4v) is 3.61. The molecule has 1 aliphatic heterocycles. The van der Waals surface area contributed by atoms with Gasteiger partial charge in [0.15, 0.2) is 6.04 Å². The van der Waals surface area contributed by atoms with Crippen LogP contribution in [0.25, 0.3) is 10.8 Å². The summed E-state index contributed by atoms with van der Waals surface area (Å²) in [5.74, 6) is 0.0781. The first-order valence-corrected chi connectivity index (χ1v) is 9.15. The SMILES string of the molecule is CC(C)(C)Oc1ccc2cccc(C(N3NC(=O)CC3(C)C)C(F)(F)F)c2c1. The predicted octanol–water partition coefficient (Wildman–Crippen LogP) is 5.14. The normalized spacial score (nSPS) is 18.9. The van der Waals surface area contributed by atoms with E-state index in [0.717, 1.165) is 5.01 Å². The number of rotatable bonds is 3. The molecule has 1 unspecified atom stereocenters. The number of halogens is 3. The van der Waals surface area contributed by atoms with Crippen molar-refractivity contribution >= 4 is 16.7 Å². The fourth-order valence-electron chi connectivity index (χ4n) is 3.61.